The molecule has 1 unspecified atom stereocenters. The van der Waals surface area contributed by atoms with Crippen LogP contribution in [0.4, 0.5) is 0 Å². The van der Waals surface area contributed by atoms with Crippen LogP contribution in [0.15, 0.2) is 0 Å². The lowest BCUT2D eigenvalue weighted by atomic mass is 10.2. The van der Waals surface area contributed by atoms with Gasteiger partial charge in [0.15, 0.2) is 0 Å². The number of morpholine rings is 1. The number of hydrogen-bond acceptors (Lipinski definition) is 4. The van der Waals surface area contributed by atoms with Crippen molar-refractivity contribution in [2.24, 2.45) is 0 Å². The van der Waals surface area contributed by atoms with E-state index in [-0.39, 0.29) is 0 Å². The van der Waals surface area contributed by atoms with Gasteiger partial charge in [0.25, 0.3) is 0 Å². The fourth-order valence-electron chi connectivity index (χ4n) is 2.69. The van der Waals surface area contributed by atoms with Crippen molar-refractivity contribution in [2.75, 3.05) is 52.0 Å². The first-order valence-corrected chi connectivity index (χ1v) is 9.02. The Bertz CT molecular complexity index is 287. The molecule has 2 aliphatic heterocycles. The molecule has 1 atom stereocenters. The van der Waals surface area contributed by atoms with Gasteiger partial charge in [-0.15, -0.1) is 0 Å². The lowest BCUT2D eigenvalue weighted by molar-refractivity contribution is 0.0451. The van der Waals surface area contributed by atoms with Crippen LogP contribution in [-0.2, 0) is 9.30 Å². The molecule has 0 aromatic carbocycles. The van der Waals surface area contributed by atoms with E-state index in [1.807, 2.05) is 0 Å². The van der Waals surface area contributed by atoms with E-state index in [0.29, 0.717) is 25.8 Å². The van der Waals surface area contributed by atoms with Gasteiger partial charge < -0.3 is 9.63 Å². The van der Waals surface area contributed by atoms with Gasteiger partial charge in [-0.1, -0.05) is 12.8 Å². The van der Waals surface area contributed by atoms with Crippen LogP contribution in [-0.4, -0.2) is 66.7 Å². The van der Waals surface area contributed by atoms with Gasteiger partial charge >= 0.3 is 0 Å². The van der Waals surface area contributed by atoms with Crippen molar-refractivity contribution >= 4 is 7.37 Å². The SMILES string of the molecule is O=P(O)(CN1CCCCCC1)CN1CCOCC1. The summed E-state index contributed by atoms with van der Waals surface area (Å²) in [7, 11) is -3.05. The minimum atomic E-state index is -3.05. The van der Waals surface area contributed by atoms with E-state index in [9.17, 15) is 9.46 Å². The Kier molecular flexibility index (Phi) is 5.64. The van der Waals surface area contributed by atoms with Crippen molar-refractivity contribution < 1.29 is 14.2 Å². The molecule has 2 heterocycles. The second kappa shape index (κ2) is 7.01. The topological polar surface area (TPSA) is 53.0 Å². The molecule has 0 aromatic heterocycles. The minimum Gasteiger partial charge on any atom is -0.379 e. The highest BCUT2D eigenvalue weighted by Crippen LogP contribution is 2.42. The van der Waals surface area contributed by atoms with E-state index in [1.54, 1.807) is 0 Å². The van der Waals surface area contributed by atoms with Crippen LogP contribution >= 0.6 is 7.37 Å². The standard InChI is InChI=1S/C12H25N2O3P/c15-18(16,12-14-7-9-17-10-8-14)11-13-5-3-1-2-4-6-13/h1-12H2,(H,15,16). The maximum Gasteiger partial charge on any atom is 0.227 e. The molecule has 2 aliphatic rings. The van der Waals surface area contributed by atoms with Gasteiger partial charge in [0, 0.05) is 13.1 Å². The number of nitrogens with zero attached hydrogens (tertiary/aromatic N) is 2. The average molecular weight is 276 g/mol. The van der Waals surface area contributed by atoms with Gasteiger partial charge in [0.1, 0.15) is 0 Å². The number of ether oxygens (including phenoxy) is 1. The van der Waals surface area contributed by atoms with Crippen molar-refractivity contribution in [1.82, 2.24) is 9.80 Å². The molecule has 5 nitrogen and oxygen atoms in total. The van der Waals surface area contributed by atoms with Gasteiger partial charge in [-0.3, -0.25) is 14.4 Å². The monoisotopic (exact) mass is 276 g/mol. The quantitative estimate of drug-likeness (QED) is 0.786. The molecular formula is C12H25N2O3P. The Morgan fingerprint density at radius 3 is 1.94 bits per heavy atom. The third-order valence-electron chi connectivity index (χ3n) is 3.64. The minimum absolute atomic E-state index is 0.326. The maximum absolute atomic E-state index is 12.3. The number of hydrogen-bond donors (Lipinski definition) is 1. The van der Waals surface area contributed by atoms with Crippen LogP contribution in [0.1, 0.15) is 25.7 Å². The first-order valence-electron chi connectivity index (χ1n) is 6.99. The Morgan fingerprint density at radius 2 is 1.39 bits per heavy atom. The Balaban J connectivity index is 1.79. The Labute approximate surface area is 110 Å². The summed E-state index contributed by atoms with van der Waals surface area (Å²) in [5.74, 6) is 0. The fraction of sp³-hybridized carbons (Fsp3) is 1.00. The van der Waals surface area contributed by atoms with Gasteiger partial charge in [0.2, 0.25) is 7.37 Å². The number of likely N-dealkylation sites (tertiary alicyclic amines) is 1. The summed E-state index contributed by atoms with van der Waals surface area (Å²) in [6.07, 6.45) is 5.54. The summed E-state index contributed by atoms with van der Waals surface area (Å²) in [6, 6.07) is 0. The molecule has 6 heteroatoms. The third kappa shape index (κ3) is 4.98. The molecule has 18 heavy (non-hydrogen) atoms. The normalized spacial score (nSPS) is 27.6. The summed E-state index contributed by atoms with van der Waals surface area (Å²) in [5.41, 5.74) is 0. The molecule has 2 rings (SSSR count). The maximum atomic E-state index is 12.3. The highest BCUT2D eigenvalue weighted by Gasteiger charge is 2.26. The van der Waals surface area contributed by atoms with E-state index in [1.165, 1.54) is 12.8 Å². The van der Waals surface area contributed by atoms with E-state index in [0.717, 1.165) is 39.0 Å². The Hall–Kier alpha value is 0.0700. The second-order valence-electron chi connectivity index (χ2n) is 5.39. The summed E-state index contributed by atoms with van der Waals surface area (Å²) in [4.78, 5) is 14.4. The molecular weight excluding hydrogens is 251 g/mol. The molecule has 2 fully saturated rings. The van der Waals surface area contributed by atoms with Crippen molar-refractivity contribution in [3.8, 4) is 0 Å². The zero-order valence-corrected chi connectivity index (χ0v) is 12.0. The van der Waals surface area contributed by atoms with Gasteiger partial charge in [0.05, 0.1) is 25.8 Å². The summed E-state index contributed by atoms with van der Waals surface area (Å²) >= 11 is 0. The van der Waals surface area contributed by atoms with Crippen LogP contribution in [0.2, 0.25) is 0 Å². The highest BCUT2D eigenvalue weighted by molar-refractivity contribution is 7.57. The zero-order chi connectivity index (χ0) is 12.8. The van der Waals surface area contributed by atoms with Crippen LogP contribution in [0.3, 0.4) is 0 Å². The van der Waals surface area contributed by atoms with Crippen molar-refractivity contribution in [1.29, 1.82) is 0 Å². The smallest absolute Gasteiger partial charge is 0.227 e. The van der Waals surface area contributed by atoms with E-state index in [2.05, 4.69) is 9.80 Å². The molecule has 1 N–H and O–H groups in total. The van der Waals surface area contributed by atoms with Crippen molar-refractivity contribution in [2.45, 2.75) is 25.7 Å². The molecule has 0 aromatic rings. The van der Waals surface area contributed by atoms with Crippen LogP contribution in [0.5, 0.6) is 0 Å². The summed E-state index contributed by atoms with van der Waals surface area (Å²) in [5, 5.41) is 0. The molecule has 0 spiro atoms. The first kappa shape index (κ1) is 14.5. The second-order valence-corrected chi connectivity index (χ2v) is 7.65. The zero-order valence-electron chi connectivity index (χ0n) is 11.1. The summed E-state index contributed by atoms with van der Waals surface area (Å²) in [6.45, 7) is 4.89. The average Bonchev–Trinajstić information content (AvgIpc) is 2.57. The predicted octanol–water partition coefficient (Wildman–Crippen LogP) is 1.38. The fourth-order valence-corrected chi connectivity index (χ4v) is 4.60. The van der Waals surface area contributed by atoms with Crippen LogP contribution < -0.4 is 0 Å². The van der Waals surface area contributed by atoms with Crippen molar-refractivity contribution in [3.05, 3.63) is 0 Å². The highest BCUT2D eigenvalue weighted by atomic mass is 31.2. The lowest BCUT2D eigenvalue weighted by Gasteiger charge is -2.30. The van der Waals surface area contributed by atoms with Crippen LogP contribution in [0, 0.1) is 0 Å². The van der Waals surface area contributed by atoms with E-state index in [4.69, 9.17) is 4.74 Å². The molecule has 2 saturated heterocycles. The molecule has 0 saturated carbocycles. The number of rotatable bonds is 4. The largest absolute Gasteiger partial charge is 0.379 e. The summed E-state index contributed by atoms with van der Waals surface area (Å²) < 4.78 is 17.6. The van der Waals surface area contributed by atoms with Gasteiger partial charge in [-0.25, -0.2) is 0 Å². The predicted molar refractivity (Wildman–Crippen MR) is 72.0 cm³/mol. The molecule has 106 valence electrons. The Morgan fingerprint density at radius 1 is 0.889 bits per heavy atom. The molecule has 0 aliphatic carbocycles. The molecule has 0 amide bonds. The van der Waals surface area contributed by atoms with Gasteiger partial charge in [-0.05, 0) is 25.9 Å². The lowest BCUT2D eigenvalue weighted by Crippen LogP contribution is -2.38. The van der Waals surface area contributed by atoms with Gasteiger partial charge in [-0.2, -0.15) is 0 Å². The van der Waals surface area contributed by atoms with E-state index >= 15 is 0 Å². The van der Waals surface area contributed by atoms with Crippen molar-refractivity contribution in [3.63, 3.8) is 0 Å². The van der Waals surface area contributed by atoms with E-state index < -0.39 is 7.37 Å². The molecule has 0 radical (unpaired) electrons. The molecule has 0 bridgehead atoms. The first-order chi connectivity index (χ1) is 8.66. The van der Waals surface area contributed by atoms with Crippen LogP contribution in [0.25, 0.3) is 0 Å². The third-order valence-corrected chi connectivity index (χ3v) is 5.33.